The summed E-state index contributed by atoms with van der Waals surface area (Å²) in [6.45, 7) is 0. The molecule has 0 spiro atoms. The Labute approximate surface area is 163 Å². The molecule has 1 heterocycles. The van der Waals surface area contributed by atoms with E-state index in [2.05, 4.69) is 0 Å². The Bertz CT molecular complexity index is 1190. The van der Waals surface area contributed by atoms with Crippen LogP contribution >= 0.6 is 0 Å². The molecular weight excluding hydrogens is 376 g/mol. The summed E-state index contributed by atoms with van der Waals surface area (Å²) in [7, 11) is -3.29. The highest BCUT2D eigenvalue weighted by atomic mass is 32.2. The minimum absolute atomic E-state index is 0.194. The largest absolute Gasteiger partial charge is 0.504 e. The number of para-hydroxylation sites is 1. The third-order valence-corrected chi connectivity index (χ3v) is 5.82. The number of allylic oxidation sites excluding steroid dienone is 1. The molecule has 5 nitrogen and oxygen atoms in total. The lowest BCUT2D eigenvalue weighted by molar-refractivity contribution is 0.403. The Morgan fingerprint density at radius 1 is 0.857 bits per heavy atom. The van der Waals surface area contributed by atoms with Gasteiger partial charge in [0, 0.05) is 23.8 Å². The van der Waals surface area contributed by atoms with Gasteiger partial charge in [0.25, 0.3) is 0 Å². The highest BCUT2D eigenvalue weighted by molar-refractivity contribution is 7.90. The van der Waals surface area contributed by atoms with Crippen LogP contribution < -0.4 is 4.74 Å². The minimum atomic E-state index is -3.29. The molecule has 3 aromatic rings. The van der Waals surface area contributed by atoms with Gasteiger partial charge in [-0.2, -0.15) is 0 Å². The molecule has 0 atom stereocenters. The van der Waals surface area contributed by atoms with Gasteiger partial charge in [-0.3, -0.25) is 0 Å². The van der Waals surface area contributed by atoms with Crippen LogP contribution in [0, 0.1) is 0 Å². The Balaban J connectivity index is 1.87. The molecule has 0 bridgehead atoms. The van der Waals surface area contributed by atoms with E-state index in [1.807, 2.05) is 24.3 Å². The van der Waals surface area contributed by atoms with Crippen LogP contribution in [0.25, 0.3) is 11.3 Å². The second-order valence-corrected chi connectivity index (χ2v) is 8.71. The zero-order valence-electron chi connectivity index (χ0n) is 15.1. The lowest BCUT2D eigenvalue weighted by Gasteiger charge is -2.24. The smallest absolute Gasteiger partial charge is 0.175 e. The zero-order valence-corrected chi connectivity index (χ0v) is 15.9. The van der Waals surface area contributed by atoms with Crippen molar-refractivity contribution in [3.8, 4) is 17.2 Å². The summed E-state index contributed by atoms with van der Waals surface area (Å²) in [6.07, 6.45) is 1.74. The molecule has 0 amide bonds. The van der Waals surface area contributed by atoms with Gasteiger partial charge in [-0.05, 0) is 53.6 Å². The fourth-order valence-electron chi connectivity index (χ4n) is 3.22. The number of phenols is 2. The maximum atomic E-state index is 11.7. The van der Waals surface area contributed by atoms with Crippen molar-refractivity contribution >= 4 is 21.2 Å². The van der Waals surface area contributed by atoms with Crippen molar-refractivity contribution in [1.29, 1.82) is 0 Å². The van der Waals surface area contributed by atoms with E-state index in [1.165, 1.54) is 18.4 Å². The first-order valence-corrected chi connectivity index (χ1v) is 10.5. The lowest BCUT2D eigenvalue weighted by atomic mass is 9.92. The molecule has 0 fully saturated rings. The number of ether oxygens (including phenoxy) is 1. The Morgan fingerprint density at radius 2 is 1.54 bits per heavy atom. The molecule has 3 aromatic carbocycles. The van der Waals surface area contributed by atoms with Gasteiger partial charge in [0.05, 0.1) is 4.90 Å². The molecule has 28 heavy (non-hydrogen) atoms. The molecule has 0 aromatic heterocycles. The number of fused-ring (bicyclic) bond motifs is 1. The molecular formula is C22H18O5S. The highest BCUT2D eigenvalue weighted by Gasteiger charge is 2.23. The molecule has 0 radical (unpaired) electrons. The fraction of sp³-hybridized carbons (Fsp3) is 0.0909. The maximum Gasteiger partial charge on any atom is 0.175 e. The monoisotopic (exact) mass is 394 g/mol. The number of sulfone groups is 1. The highest BCUT2D eigenvalue weighted by Crippen LogP contribution is 2.40. The first kappa shape index (κ1) is 18.1. The van der Waals surface area contributed by atoms with Gasteiger partial charge in [-0.1, -0.05) is 24.3 Å². The summed E-state index contributed by atoms with van der Waals surface area (Å²) in [4.78, 5) is 0.233. The molecule has 6 heteroatoms. The zero-order chi connectivity index (χ0) is 19.9. The number of hydrogen-bond donors (Lipinski definition) is 2. The normalized spacial score (nSPS) is 13.8. The summed E-state index contributed by atoms with van der Waals surface area (Å²) in [5.41, 5.74) is 3.28. The van der Waals surface area contributed by atoms with Crippen molar-refractivity contribution in [3.05, 3.63) is 83.4 Å². The van der Waals surface area contributed by atoms with Crippen molar-refractivity contribution in [1.82, 2.24) is 0 Å². The van der Waals surface area contributed by atoms with Crippen LogP contribution in [0.5, 0.6) is 17.2 Å². The molecule has 0 saturated carbocycles. The van der Waals surface area contributed by atoms with E-state index >= 15 is 0 Å². The van der Waals surface area contributed by atoms with Crippen molar-refractivity contribution in [2.24, 2.45) is 0 Å². The average molecular weight is 394 g/mol. The van der Waals surface area contributed by atoms with Crippen LogP contribution in [0.4, 0.5) is 0 Å². The number of rotatable bonds is 3. The van der Waals surface area contributed by atoms with Crippen LogP contribution in [0.3, 0.4) is 0 Å². The van der Waals surface area contributed by atoms with E-state index in [0.29, 0.717) is 17.7 Å². The van der Waals surface area contributed by atoms with Crippen LogP contribution in [-0.4, -0.2) is 24.9 Å². The molecule has 142 valence electrons. The molecule has 0 unspecified atom stereocenters. The summed E-state index contributed by atoms with van der Waals surface area (Å²) in [5, 5.41) is 19.6. The van der Waals surface area contributed by atoms with Crippen molar-refractivity contribution in [2.75, 3.05) is 6.26 Å². The van der Waals surface area contributed by atoms with Crippen LogP contribution in [-0.2, 0) is 16.3 Å². The molecule has 4 rings (SSSR count). The second-order valence-electron chi connectivity index (χ2n) is 6.69. The first-order valence-electron chi connectivity index (χ1n) is 8.65. The first-order chi connectivity index (χ1) is 13.3. The number of benzene rings is 3. The van der Waals surface area contributed by atoms with Crippen LogP contribution in [0.2, 0.25) is 0 Å². The summed E-state index contributed by atoms with van der Waals surface area (Å²) in [6, 6.07) is 18.8. The van der Waals surface area contributed by atoms with Gasteiger partial charge in [0.2, 0.25) is 0 Å². The summed E-state index contributed by atoms with van der Waals surface area (Å²) < 4.78 is 29.7. The van der Waals surface area contributed by atoms with Gasteiger partial charge in [0.1, 0.15) is 11.5 Å². The van der Waals surface area contributed by atoms with Crippen molar-refractivity contribution in [2.45, 2.75) is 11.3 Å². The van der Waals surface area contributed by atoms with E-state index in [4.69, 9.17) is 4.74 Å². The summed E-state index contributed by atoms with van der Waals surface area (Å²) >= 11 is 0. The van der Waals surface area contributed by atoms with Crippen molar-refractivity contribution < 1.29 is 23.4 Å². The van der Waals surface area contributed by atoms with Crippen LogP contribution in [0.15, 0.2) is 71.6 Å². The third-order valence-electron chi connectivity index (χ3n) is 4.69. The molecule has 0 aliphatic carbocycles. The number of phenolic OH excluding ortho intramolecular Hbond substituents is 2. The second kappa shape index (κ2) is 6.73. The van der Waals surface area contributed by atoms with Gasteiger partial charge in [-0.25, -0.2) is 8.42 Å². The lowest BCUT2D eigenvalue weighted by Crippen LogP contribution is -2.09. The quantitative estimate of drug-likeness (QED) is 0.656. The Morgan fingerprint density at radius 3 is 2.21 bits per heavy atom. The Kier molecular flexibility index (Phi) is 4.35. The standard InChI is InChI=1S/C22H18O5S/c1-28(25,26)17-9-6-14(7-10-17)22-18(15-8-11-19(23)20(24)13-15)12-16-4-2-3-5-21(16)27-22/h2-11,13,23-24H,12H2,1H3. The van der Waals surface area contributed by atoms with Gasteiger partial charge in [0.15, 0.2) is 21.3 Å². The minimum Gasteiger partial charge on any atom is -0.504 e. The fourth-order valence-corrected chi connectivity index (χ4v) is 3.85. The number of hydrogen-bond acceptors (Lipinski definition) is 5. The van der Waals surface area contributed by atoms with Gasteiger partial charge >= 0.3 is 0 Å². The maximum absolute atomic E-state index is 11.7. The predicted molar refractivity (Wildman–Crippen MR) is 107 cm³/mol. The molecule has 2 N–H and O–H groups in total. The molecule has 1 aliphatic heterocycles. The van der Waals surface area contributed by atoms with Gasteiger partial charge < -0.3 is 14.9 Å². The molecule has 1 aliphatic rings. The van der Waals surface area contributed by atoms with E-state index in [-0.39, 0.29) is 16.4 Å². The van der Waals surface area contributed by atoms with Gasteiger partial charge in [-0.15, -0.1) is 0 Å². The third kappa shape index (κ3) is 3.34. The summed E-state index contributed by atoms with van der Waals surface area (Å²) in [5.74, 6) is 0.913. The topological polar surface area (TPSA) is 83.8 Å². The molecule has 0 saturated heterocycles. The van der Waals surface area contributed by atoms with Crippen molar-refractivity contribution in [3.63, 3.8) is 0 Å². The van der Waals surface area contributed by atoms with E-state index in [1.54, 1.807) is 30.3 Å². The van der Waals surface area contributed by atoms with Crippen LogP contribution in [0.1, 0.15) is 16.7 Å². The average Bonchev–Trinajstić information content (AvgIpc) is 2.68. The van der Waals surface area contributed by atoms with E-state index < -0.39 is 9.84 Å². The SMILES string of the molecule is CS(=O)(=O)c1ccc(C2=C(c3ccc(O)c(O)c3)Cc3ccccc3O2)cc1. The van der Waals surface area contributed by atoms with E-state index in [0.717, 1.165) is 22.4 Å². The predicted octanol–water partition coefficient (Wildman–Crippen LogP) is 4.00. The number of aromatic hydroxyl groups is 2. The Hall–Kier alpha value is -3.25. The van der Waals surface area contributed by atoms with E-state index in [9.17, 15) is 18.6 Å².